The molecule has 0 N–H and O–H groups in total. The van der Waals surface area contributed by atoms with E-state index in [1.54, 1.807) is 0 Å². The highest BCUT2D eigenvalue weighted by atomic mass is 16.3. The van der Waals surface area contributed by atoms with Crippen molar-refractivity contribution in [3.63, 3.8) is 0 Å². The van der Waals surface area contributed by atoms with Crippen molar-refractivity contribution in [2.24, 2.45) is 0 Å². The van der Waals surface area contributed by atoms with Gasteiger partial charge in [0.1, 0.15) is 26.9 Å². The smallest absolute Gasteiger partial charge is 0.128 e. The van der Waals surface area contributed by atoms with Gasteiger partial charge in [0.2, 0.25) is 0 Å². The molecule has 1 heterocycles. The van der Waals surface area contributed by atoms with Crippen LogP contribution < -0.4 is 10.9 Å². The molecule has 0 aliphatic carbocycles. The Morgan fingerprint density at radius 2 is 1.20 bits per heavy atom. The summed E-state index contributed by atoms with van der Waals surface area (Å²) in [6, 6.07) is 11.4. The van der Waals surface area contributed by atoms with E-state index in [2.05, 4.69) is 0 Å². The predicted molar refractivity (Wildman–Crippen MR) is 64.5 cm³/mol. The molecule has 3 aromatic rings. The summed E-state index contributed by atoms with van der Waals surface area (Å²) in [5, 5.41) is 2.02. The maximum absolute atomic E-state index is 5.84. The van der Waals surface area contributed by atoms with Crippen LogP contribution in [0.25, 0.3) is 21.9 Å². The standard InChI is InChI=1S/C12H6B2O/c13-9-5-1-3-7-8-4-2-6-10(14)12(8)15-11(7)9/h1-6H. The van der Waals surface area contributed by atoms with Gasteiger partial charge >= 0.3 is 0 Å². The van der Waals surface area contributed by atoms with Gasteiger partial charge in [-0.15, -0.1) is 0 Å². The third-order valence-electron chi connectivity index (χ3n) is 2.59. The second-order valence-corrected chi connectivity index (χ2v) is 3.55. The molecule has 0 amide bonds. The predicted octanol–water partition coefficient (Wildman–Crippen LogP) is 1.17. The zero-order valence-corrected chi connectivity index (χ0v) is 8.03. The second kappa shape index (κ2) is 2.93. The van der Waals surface area contributed by atoms with Gasteiger partial charge in [0.15, 0.2) is 0 Å². The van der Waals surface area contributed by atoms with Crippen LogP contribution in [0.15, 0.2) is 40.8 Å². The molecular weight excluding hydrogens is 182 g/mol. The molecule has 1 aromatic heterocycles. The summed E-state index contributed by atoms with van der Waals surface area (Å²) >= 11 is 0. The number of benzene rings is 2. The lowest BCUT2D eigenvalue weighted by Gasteiger charge is -1.92. The Morgan fingerprint density at radius 3 is 1.67 bits per heavy atom. The molecule has 0 aliphatic heterocycles. The van der Waals surface area contributed by atoms with Gasteiger partial charge in [-0.2, -0.15) is 0 Å². The fraction of sp³-hybridized carbons (Fsp3) is 0. The van der Waals surface area contributed by atoms with Crippen LogP contribution in [0.4, 0.5) is 0 Å². The van der Waals surface area contributed by atoms with Crippen LogP contribution in [0.2, 0.25) is 0 Å². The van der Waals surface area contributed by atoms with Gasteiger partial charge in [-0.1, -0.05) is 47.3 Å². The second-order valence-electron chi connectivity index (χ2n) is 3.55. The van der Waals surface area contributed by atoms with Crippen molar-refractivity contribution >= 4 is 48.6 Å². The first-order chi connectivity index (χ1) is 7.27. The number of furan rings is 1. The molecule has 0 spiro atoms. The van der Waals surface area contributed by atoms with Crippen molar-refractivity contribution in [3.8, 4) is 0 Å². The Kier molecular flexibility index (Phi) is 1.69. The molecule has 0 bridgehead atoms. The molecule has 0 atom stereocenters. The highest BCUT2D eigenvalue weighted by Gasteiger charge is 2.08. The zero-order valence-electron chi connectivity index (χ0n) is 8.03. The Bertz CT molecular complexity index is 599. The van der Waals surface area contributed by atoms with Crippen LogP contribution in [0.1, 0.15) is 0 Å². The van der Waals surface area contributed by atoms with Gasteiger partial charge in [-0.05, 0) is 0 Å². The van der Waals surface area contributed by atoms with Gasteiger partial charge in [-0.25, -0.2) is 0 Å². The van der Waals surface area contributed by atoms with Crippen molar-refractivity contribution in [3.05, 3.63) is 36.4 Å². The summed E-state index contributed by atoms with van der Waals surface area (Å²) in [7, 11) is 11.7. The van der Waals surface area contributed by atoms with Crippen LogP contribution in [-0.2, 0) is 0 Å². The van der Waals surface area contributed by atoms with Crippen LogP contribution in [-0.4, -0.2) is 15.7 Å². The maximum Gasteiger partial charge on any atom is 0.128 e. The molecule has 0 saturated carbocycles. The monoisotopic (exact) mass is 188 g/mol. The molecule has 0 fully saturated rings. The molecule has 1 nitrogen and oxygen atoms in total. The number of hydrogen-bond acceptors (Lipinski definition) is 1. The quantitative estimate of drug-likeness (QED) is 0.482. The number of para-hydroxylation sites is 2. The molecular formula is C12H6B2O. The van der Waals surface area contributed by atoms with Crippen molar-refractivity contribution in [1.82, 2.24) is 0 Å². The summed E-state index contributed by atoms with van der Waals surface area (Å²) in [6.07, 6.45) is 0. The van der Waals surface area contributed by atoms with E-state index in [1.165, 1.54) is 0 Å². The van der Waals surface area contributed by atoms with Crippen molar-refractivity contribution in [2.75, 3.05) is 0 Å². The molecule has 0 unspecified atom stereocenters. The Balaban J connectivity index is 2.63. The molecule has 0 saturated heterocycles. The van der Waals surface area contributed by atoms with E-state index in [1.807, 2.05) is 36.4 Å². The van der Waals surface area contributed by atoms with Gasteiger partial charge in [-0.3, -0.25) is 0 Å². The average Bonchev–Trinajstić information content (AvgIpc) is 2.60. The first-order valence-electron chi connectivity index (χ1n) is 4.72. The van der Waals surface area contributed by atoms with Crippen molar-refractivity contribution in [2.45, 2.75) is 0 Å². The molecule has 3 heteroatoms. The lowest BCUT2D eigenvalue weighted by molar-refractivity contribution is 0.674. The average molecular weight is 188 g/mol. The summed E-state index contributed by atoms with van der Waals surface area (Å²) in [5.41, 5.74) is 2.71. The lowest BCUT2D eigenvalue weighted by atomic mass is 9.92. The fourth-order valence-corrected chi connectivity index (χ4v) is 1.86. The third-order valence-corrected chi connectivity index (χ3v) is 2.59. The summed E-state index contributed by atoms with van der Waals surface area (Å²) in [5.74, 6) is 0. The highest BCUT2D eigenvalue weighted by molar-refractivity contribution is 6.41. The minimum atomic E-state index is 0.642. The minimum absolute atomic E-state index is 0.642. The summed E-state index contributed by atoms with van der Waals surface area (Å²) in [4.78, 5) is 0. The Morgan fingerprint density at radius 1 is 0.733 bits per heavy atom. The number of fused-ring (bicyclic) bond motifs is 3. The van der Waals surface area contributed by atoms with Crippen LogP contribution >= 0.6 is 0 Å². The lowest BCUT2D eigenvalue weighted by Crippen LogP contribution is -2.01. The molecule has 66 valence electrons. The van der Waals surface area contributed by atoms with E-state index in [0.717, 1.165) is 10.8 Å². The first kappa shape index (κ1) is 8.66. The molecule has 0 aliphatic rings. The summed E-state index contributed by atoms with van der Waals surface area (Å²) in [6.45, 7) is 0. The molecule has 3 rings (SSSR count). The Labute approximate surface area is 89.9 Å². The van der Waals surface area contributed by atoms with E-state index in [-0.39, 0.29) is 0 Å². The summed E-state index contributed by atoms with van der Waals surface area (Å²) < 4.78 is 5.66. The topological polar surface area (TPSA) is 13.1 Å². The van der Waals surface area contributed by atoms with Crippen molar-refractivity contribution in [1.29, 1.82) is 0 Å². The molecule has 4 radical (unpaired) electrons. The molecule has 15 heavy (non-hydrogen) atoms. The van der Waals surface area contributed by atoms with Crippen molar-refractivity contribution < 1.29 is 4.42 Å². The van der Waals surface area contributed by atoms with E-state index in [4.69, 9.17) is 20.1 Å². The van der Waals surface area contributed by atoms with Crippen LogP contribution in [0.5, 0.6) is 0 Å². The largest absolute Gasteiger partial charge is 0.457 e. The van der Waals surface area contributed by atoms with Gasteiger partial charge in [0.25, 0.3) is 0 Å². The number of hydrogen-bond donors (Lipinski definition) is 0. The van der Waals surface area contributed by atoms with Crippen LogP contribution in [0, 0.1) is 0 Å². The van der Waals surface area contributed by atoms with E-state index >= 15 is 0 Å². The van der Waals surface area contributed by atoms with Gasteiger partial charge in [0.05, 0.1) is 0 Å². The number of rotatable bonds is 0. The highest BCUT2D eigenvalue weighted by Crippen LogP contribution is 2.25. The SMILES string of the molecule is [B]c1cccc2c1oc1c([B])cccc12. The van der Waals surface area contributed by atoms with E-state index < -0.39 is 0 Å². The van der Waals surface area contributed by atoms with Gasteiger partial charge in [0, 0.05) is 10.8 Å². The third kappa shape index (κ3) is 1.13. The fourth-order valence-electron chi connectivity index (χ4n) is 1.86. The first-order valence-corrected chi connectivity index (χ1v) is 4.72. The van der Waals surface area contributed by atoms with Gasteiger partial charge < -0.3 is 4.42 Å². The van der Waals surface area contributed by atoms with Crippen LogP contribution in [0.3, 0.4) is 0 Å². The Hall–Kier alpha value is -1.63. The normalized spacial score (nSPS) is 11.2. The van der Waals surface area contributed by atoms with E-state index in [0.29, 0.717) is 22.1 Å². The maximum atomic E-state index is 5.84. The molecule has 2 aromatic carbocycles. The van der Waals surface area contributed by atoms with E-state index in [9.17, 15) is 0 Å². The minimum Gasteiger partial charge on any atom is -0.457 e. The zero-order chi connectivity index (χ0) is 10.4.